The highest BCUT2D eigenvalue weighted by Gasteiger charge is 2.24. The quantitative estimate of drug-likeness (QED) is 0.764. The lowest BCUT2D eigenvalue weighted by atomic mass is 10.1. The minimum Gasteiger partial charge on any atom is -0.337 e. The molecule has 2 nitrogen and oxygen atoms in total. The molecule has 0 atom stereocenters. The lowest BCUT2D eigenvalue weighted by molar-refractivity contribution is -0.132. The molecule has 0 aliphatic heterocycles. The molecule has 0 radical (unpaired) electrons. The van der Waals surface area contributed by atoms with Gasteiger partial charge in [-0.25, -0.2) is 0 Å². The van der Waals surface area contributed by atoms with Gasteiger partial charge in [0, 0.05) is 17.0 Å². The summed E-state index contributed by atoms with van der Waals surface area (Å²) in [7, 11) is 0. The molecule has 94 valence electrons. The SMILES string of the molecule is CCN(C(=O)CSc1ccccc1)C(C)(C)C. The molecule has 0 heterocycles. The molecule has 0 fully saturated rings. The van der Waals surface area contributed by atoms with Crippen molar-refractivity contribution in [2.24, 2.45) is 0 Å². The third-order valence-corrected chi connectivity index (χ3v) is 3.53. The first-order valence-electron chi connectivity index (χ1n) is 5.93. The molecule has 3 heteroatoms. The van der Waals surface area contributed by atoms with E-state index in [0.29, 0.717) is 5.75 Å². The summed E-state index contributed by atoms with van der Waals surface area (Å²) in [4.78, 5) is 15.2. The summed E-state index contributed by atoms with van der Waals surface area (Å²) in [5, 5.41) is 0. The minimum absolute atomic E-state index is 0.0942. The summed E-state index contributed by atoms with van der Waals surface area (Å²) < 4.78 is 0. The van der Waals surface area contributed by atoms with Crippen molar-refractivity contribution in [3.05, 3.63) is 30.3 Å². The van der Waals surface area contributed by atoms with E-state index in [-0.39, 0.29) is 11.4 Å². The van der Waals surface area contributed by atoms with Gasteiger partial charge < -0.3 is 4.90 Å². The standard InChI is InChI=1S/C14H21NOS/c1-5-15(14(2,3)4)13(16)11-17-12-9-7-6-8-10-12/h6-10H,5,11H2,1-4H3. The first-order valence-corrected chi connectivity index (χ1v) is 6.92. The Labute approximate surface area is 108 Å². The van der Waals surface area contributed by atoms with Crippen LogP contribution in [0.25, 0.3) is 0 Å². The van der Waals surface area contributed by atoms with Gasteiger partial charge in [-0.15, -0.1) is 11.8 Å². The maximum atomic E-state index is 12.1. The van der Waals surface area contributed by atoms with Gasteiger partial charge in [-0.05, 0) is 39.8 Å². The number of amides is 1. The molecule has 0 aromatic heterocycles. The molecule has 0 aliphatic rings. The van der Waals surface area contributed by atoms with Crippen LogP contribution >= 0.6 is 11.8 Å². The highest BCUT2D eigenvalue weighted by atomic mass is 32.2. The number of carbonyl (C=O) groups is 1. The Morgan fingerprint density at radius 2 is 1.82 bits per heavy atom. The topological polar surface area (TPSA) is 20.3 Å². The van der Waals surface area contributed by atoms with Gasteiger partial charge in [0.1, 0.15) is 0 Å². The van der Waals surface area contributed by atoms with E-state index in [1.807, 2.05) is 42.2 Å². The average Bonchev–Trinajstić information content (AvgIpc) is 2.27. The molecule has 0 aliphatic carbocycles. The summed E-state index contributed by atoms with van der Waals surface area (Å²) >= 11 is 1.60. The van der Waals surface area contributed by atoms with Gasteiger partial charge in [-0.1, -0.05) is 18.2 Å². The van der Waals surface area contributed by atoms with E-state index in [0.717, 1.165) is 11.4 Å². The number of thioether (sulfide) groups is 1. The lowest BCUT2D eigenvalue weighted by Gasteiger charge is -2.34. The van der Waals surface area contributed by atoms with Crippen LogP contribution in [0.5, 0.6) is 0 Å². The van der Waals surface area contributed by atoms with E-state index in [1.54, 1.807) is 11.8 Å². The predicted octanol–water partition coefficient (Wildman–Crippen LogP) is 3.43. The molecule has 0 saturated carbocycles. The van der Waals surface area contributed by atoms with Crippen LogP contribution < -0.4 is 0 Å². The van der Waals surface area contributed by atoms with Crippen molar-refractivity contribution in [2.45, 2.75) is 38.1 Å². The Bertz CT molecular complexity index is 356. The zero-order valence-corrected chi connectivity index (χ0v) is 11.9. The molecular formula is C14H21NOS. The number of nitrogens with zero attached hydrogens (tertiary/aromatic N) is 1. The van der Waals surface area contributed by atoms with Crippen LogP contribution in [-0.4, -0.2) is 28.6 Å². The average molecular weight is 251 g/mol. The summed E-state index contributed by atoms with van der Waals surface area (Å²) in [5.74, 6) is 0.712. The van der Waals surface area contributed by atoms with Gasteiger partial charge >= 0.3 is 0 Å². The monoisotopic (exact) mass is 251 g/mol. The Morgan fingerprint density at radius 1 is 1.24 bits per heavy atom. The van der Waals surface area contributed by atoms with E-state index in [4.69, 9.17) is 0 Å². The van der Waals surface area contributed by atoms with Crippen molar-refractivity contribution < 1.29 is 4.79 Å². The van der Waals surface area contributed by atoms with Gasteiger partial charge in [-0.2, -0.15) is 0 Å². The van der Waals surface area contributed by atoms with Gasteiger partial charge in [0.2, 0.25) is 5.91 Å². The zero-order valence-electron chi connectivity index (χ0n) is 11.1. The molecule has 0 spiro atoms. The number of benzene rings is 1. The van der Waals surface area contributed by atoms with Crippen LogP contribution in [0.3, 0.4) is 0 Å². The van der Waals surface area contributed by atoms with Crippen LogP contribution in [0.15, 0.2) is 35.2 Å². The first-order chi connectivity index (χ1) is 7.95. The van der Waals surface area contributed by atoms with Gasteiger partial charge in [0.05, 0.1) is 5.75 Å². The summed E-state index contributed by atoms with van der Waals surface area (Å²) in [6.07, 6.45) is 0. The van der Waals surface area contributed by atoms with E-state index >= 15 is 0 Å². The fourth-order valence-corrected chi connectivity index (χ4v) is 2.56. The van der Waals surface area contributed by atoms with Crippen molar-refractivity contribution in [2.75, 3.05) is 12.3 Å². The maximum absolute atomic E-state index is 12.1. The van der Waals surface area contributed by atoms with Gasteiger partial charge in [-0.3, -0.25) is 4.79 Å². The third-order valence-electron chi connectivity index (χ3n) is 2.53. The molecule has 17 heavy (non-hydrogen) atoms. The first kappa shape index (κ1) is 14.1. The second-order valence-corrected chi connectivity index (χ2v) is 5.96. The molecule has 0 unspecified atom stereocenters. The van der Waals surface area contributed by atoms with Gasteiger partial charge in [0.15, 0.2) is 0 Å². The second kappa shape index (κ2) is 6.10. The number of hydrogen-bond donors (Lipinski definition) is 0. The summed E-state index contributed by atoms with van der Waals surface area (Å²) in [5.41, 5.74) is -0.0942. The van der Waals surface area contributed by atoms with E-state index < -0.39 is 0 Å². The Hall–Kier alpha value is -0.960. The van der Waals surface area contributed by atoms with Crippen molar-refractivity contribution >= 4 is 17.7 Å². The van der Waals surface area contributed by atoms with Crippen LogP contribution in [-0.2, 0) is 4.79 Å². The molecule has 1 amide bonds. The highest BCUT2D eigenvalue weighted by Crippen LogP contribution is 2.20. The normalized spacial score (nSPS) is 11.3. The summed E-state index contributed by atoms with van der Waals surface area (Å²) in [6, 6.07) is 10.0. The molecule has 0 bridgehead atoms. The fourth-order valence-electron chi connectivity index (χ4n) is 1.76. The Balaban J connectivity index is 2.55. The van der Waals surface area contributed by atoms with Crippen LogP contribution in [0, 0.1) is 0 Å². The van der Waals surface area contributed by atoms with Crippen molar-refractivity contribution in [1.82, 2.24) is 4.90 Å². The zero-order chi connectivity index (χ0) is 12.9. The van der Waals surface area contributed by atoms with Crippen molar-refractivity contribution in [1.29, 1.82) is 0 Å². The molecule has 0 saturated heterocycles. The van der Waals surface area contributed by atoms with Gasteiger partial charge in [0.25, 0.3) is 0 Å². The second-order valence-electron chi connectivity index (χ2n) is 4.91. The van der Waals surface area contributed by atoms with Crippen LogP contribution in [0.1, 0.15) is 27.7 Å². The maximum Gasteiger partial charge on any atom is 0.233 e. The number of rotatable bonds is 4. The Kier molecular flexibility index (Phi) is 5.06. The molecule has 1 aromatic carbocycles. The van der Waals surface area contributed by atoms with Crippen LogP contribution in [0.4, 0.5) is 0 Å². The van der Waals surface area contributed by atoms with E-state index in [1.165, 1.54) is 0 Å². The smallest absolute Gasteiger partial charge is 0.233 e. The highest BCUT2D eigenvalue weighted by molar-refractivity contribution is 8.00. The lowest BCUT2D eigenvalue weighted by Crippen LogP contribution is -2.46. The van der Waals surface area contributed by atoms with E-state index in [9.17, 15) is 4.79 Å². The van der Waals surface area contributed by atoms with E-state index in [2.05, 4.69) is 20.8 Å². The fraction of sp³-hybridized carbons (Fsp3) is 0.500. The number of carbonyl (C=O) groups excluding carboxylic acids is 1. The van der Waals surface area contributed by atoms with Crippen molar-refractivity contribution in [3.8, 4) is 0 Å². The molecule has 1 rings (SSSR count). The predicted molar refractivity (Wildman–Crippen MR) is 74.3 cm³/mol. The molecular weight excluding hydrogens is 230 g/mol. The molecule has 0 N–H and O–H groups in total. The third kappa shape index (κ3) is 4.43. The minimum atomic E-state index is -0.0942. The summed E-state index contributed by atoms with van der Waals surface area (Å²) in [6.45, 7) is 9.00. The Morgan fingerprint density at radius 3 is 2.29 bits per heavy atom. The van der Waals surface area contributed by atoms with Crippen molar-refractivity contribution in [3.63, 3.8) is 0 Å². The van der Waals surface area contributed by atoms with Crippen LogP contribution in [0.2, 0.25) is 0 Å². The largest absolute Gasteiger partial charge is 0.337 e. The number of hydrogen-bond acceptors (Lipinski definition) is 2. The molecule has 1 aromatic rings.